The Balaban J connectivity index is 1.60. The number of aryl methyl sites for hydroxylation is 1. The lowest BCUT2D eigenvalue weighted by atomic mass is 10.0. The van der Waals surface area contributed by atoms with Gasteiger partial charge < -0.3 is 5.11 Å². The molecular weight excluding hydrogens is 422 g/mol. The number of para-hydroxylation sites is 1. The minimum atomic E-state index is -0.640. The molecule has 160 valence electrons. The Bertz CT molecular complexity index is 1270. The Labute approximate surface area is 191 Å². The number of halogens is 1. The molecule has 1 aromatic heterocycles. The highest BCUT2D eigenvalue weighted by Crippen LogP contribution is 2.30. The number of nitrogens with zero attached hydrogens (tertiary/aromatic N) is 5. The molecule has 7 heteroatoms. The number of fused-ring (bicyclic) bond motifs is 3. The van der Waals surface area contributed by atoms with E-state index in [0.29, 0.717) is 17.4 Å². The molecule has 0 fully saturated rings. The van der Waals surface area contributed by atoms with Crippen molar-refractivity contribution in [2.75, 3.05) is 11.6 Å². The maximum absolute atomic E-state index is 10.9. The third-order valence-electron chi connectivity index (χ3n) is 5.47. The number of aromatic nitrogens is 3. The van der Waals surface area contributed by atoms with Gasteiger partial charge in [0.25, 0.3) is 5.95 Å². The molecule has 0 aliphatic carbocycles. The number of β-amino-alcohol motifs (C(OH)–C–C–N with tert-alkyl or cyclic N) is 1. The lowest BCUT2D eigenvalue weighted by molar-refractivity contribution is 0.180. The Kier molecular flexibility index (Phi) is 5.47. The molecule has 1 aliphatic rings. The van der Waals surface area contributed by atoms with E-state index in [9.17, 15) is 5.11 Å². The standard InChI is InChI=1S/C25H22ClN5O/c1-17-27-28-25-30(16-21(32)15-18-7-3-2-4-8-18)29-24(19-11-13-20(26)14-12-19)22-9-5-6-10-23(22)31(17)25/h2-14,21,32H,15-16H2,1H3. The van der Waals surface area contributed by atoms with Crippen LogP contribution in [0.3, 0.4) is 0 Å². The molecule has 0 saturated carbocycles. The zero-order chi connectivity index (χ0) is 22.1. The number of hydrogen-bond acceptors (Lipinski definition) is 5. The van der Waals surface area contributed by atoms with Crippen molar-refractivity contribution in [3.8, 4) is 5.69 Å². The Morgan fingerprint density at radius 2 is 1.62 bits per heavy atom. The highest BCUT2D eigenvalue weighted by atomic mass is 35.5. The minimum Gasteiger partial charge on any atom is -0.391 e. The summed E-state index contributed by atoms with van der Waals surface area (Å²) in [5.41, 5.74) is 4.69. The number of hydrogen-bond donors (Lipinski definition) is 1. The summed E-state index contributed by atoms with van der Waals surface area (Å²) in [6.45, 7) is 2.19. The van der Waals surface area contributed by atoms with Crippen molar-refractivity contribution < 1.29 is 5.11 Å². The molecule has 2 heterocycles. The molecule has 0 spiro atoms. The Hall–Kier alpha value is -3.48. The first-order valence-corrected chi connectivity index (χ1v) is 10.8. The molecule has 5 rings (SSSR count). The van der Waals surface area contributed by atoms with Crippen LogP contribution in [-0.4, -0.2) is 38.2 Å². The highest BCUT2D eigenvalue weighted by molar-refractivity contribution is 6.30. The zero-order valence-electron chi connectivity index (χ0n) is 17.6. The smallest absolute Gasteiger partial charge is 0.252 e. The largest absolute Gasteiger partial charge is 0.391 e. The van der Waals surface area contributed by atoms with Gasteiger partial charge in [-0.25, -0.2) is 5.01 Å². The van der Waals surface area contributed by atoms with E-state index in [0.717, 1.165) is 33.9 Å². The van der Waals surface area contributed by atoms with Crippen molar-refractivity contribution in [3.63, 3.8) is 0 Å². The van der Waals surface area contributed by atoms with Gasteiger partial charge in [-0.05, 0) is 30.7 Å². The molecule has 3 aromatic carbocycles. The fourth-order valence-electron chi connectivity index (χ4n) is 3.98. The molecule has 32 heavy (non-hydrogen) atoms. The molecule has 1 atom stereocenters. The first kappa shape index (κ1) is 20.4. The topological polar surface area (TPSA) is 66.5 Å². The lowest BCUT2D eigenvalue weighted by Gasteiger charge is -2.21. The predicted molar refractivity (Wildman–Crippen MR) is 127 cm³/mol. The summed E-state index contributed by atoms with van der Waals surface area (Å²) in [7, 11) is 0. The maximum Gasteiger partial charge on any atom is 0.252 e. The number of rotatable bonds is 5. The van der Waals surface area contributed by atoms with Crippen LogP contribution in [0.15, 0.2) is 84.0 Å². The van der Waals surface area contributed by atoms with Crippen molar-refractivity contribution in [3.05, 3.63) is 106 Å². The average Bonchev–Trinajstić information content (AvgIpc) is 3.13. The number of anilines is 1. The predicted octanol–water partition coefficient (Wildman–Crippen LogP) is 4.41. The van der Waals surface area contributed by atoms with Crippen LogP contribution in [0.1, 0.15) is 22.5 Å². The fraction of sp³-hybridized carbons (Fsp3) is 0.160. The van der Waals surface area contributed by atoms with Crippen LogP contribution in [0, 0.1) is 6.92 Å². The quantitative estimate of drug-likeness (QED) is 0.496. The lowest BCUT2D eigenvalue weighted by Crippen LogP contribution is -2.32. The summed E-state index contributed by atoms with van der Waals surface area (Å²) in [5.74, 6) is 1.33. The summed E-state index contributed by atoms with van der Waals surface area (Å²) in [6.07, 6.45) is -0.122. The summed E-state index contributed by atoms with van der Waals surface area (Å²) in [5, 5.41) is 27.0. The van der Waals surface area contributed by atoms with E-state index in [-0.39, 0.29) is 6.54 Å². The molecule has 0 amide bonds. The fourth-order valence-corrected chi connectivity index (χ4v) is 4.11. The first-order valence-electron chi connectivity index (χ1n) is 10.5. The average molecular weight is 444 g/mol. The van der Waals surface area contributed by atoms with Crippen LogP contribution in [-0.2, 0) is 6.42 Å². The summed E-state index contributed by atoms with van der Waals surface area (Å²) in [4.78, 5) is 0. The van der Waals surface area contributed by atoms with Gasteiger partial charge in [-0.1, -0.05) is 72.3 Å². The normalized spacial score (nSPS) is 13.7. The molecule has 0 radical (unpaired) electrons. The Morgan fingerprint density at radius 1 is 0.906 bits per heavy atom. The molecule has 6 nitrogen and oxygen atoms in total. The van der Waals surface area contributed by atoms with Crippen LogP contribution in [0.5, 0.6) is 0 Å². The molecule has 0 bridgehead atoms. The molecular formula is C25H22ClN5O. The van der Waals surface area contributed by atoms with Gasteiger partial charge in [0.2, 0.25) is 0 Å². The SMILES string of the molecule is Cc1nnc2n1-c1ccccc1C(c1ccc(Cl)cc1)=NN2CC(O)Cc1ccccc1. The third kappa shape index (κ3) is 3.90. The monoisotopic (exact) mass is 443 g/mol. The van der Waals surface area contributed by atoms with E-state index < -0.39 is 6.10 Å². The minimum absolute atomic E-state index is 0.276. The van der Waals surface area contributed by atoms with Crippen LogP contribution >= 0.6 is 11.6 Å². The van der Waals surface area contributed by atoms with Gasteiger partial charge >= 0.3 is 0 Å². The van der Waals surface area contributed by atoms with Crippen LogP contribution < -0.4 is 5.01 Å². The first-order chi connectivity index (χ1) is 15.6. The van der Waals surface area contributed by atoms with Gasteiger partial charge in [0.1, 0.15) is 11.5 Å². The molecule has 1 aliphatic heterocycles. The molecule has 4 aromatic rings. The summed E-state index contributed by atoms with van der Waals surface area (Å²) in [6, 6.07) is 25.6. The van der Waals surface area contributed by atoms with Gasteiger partial charge in [0, 0.05) is 22.6 Å². The number of aliphatic hydroxyl groups excluding tert-OH is 1. The van der Waals surface area contributed by atoms with Crippen molar-refractivity contribution in [1.29, 1.82) is 0 Å². The second kappa shape index (κ2) is 8.57. The van der Waals surface area contributed by atoms with E-state index in [2.05, 4.69) is 10.2 Å². The number of aliphatic hydroxyl groups is 1. The van der Waals surface area contributed by atoms with Crippen LogP contribution in [0.25, 0.3) is 5.69 Å². The molecule has 1 unspecified atom stereocenters. The maximum atomic E-state index is 10.9. The van der Waals surface area contributed by atoms with Crippen molar-refractivity contribution in [2.45, 2.75) is 19.4 Å². The van der Waals surface area contributed by atoms with Gasteiger partial charge in [-0.15, -0.1) is 10.2 Å². The van der Waals surface area contributed by atoms with E-state index in [4.69, 9.17) is 16.7 Å². The number of hydrazone groups is 1. The van der Waals surface area contributed by atoms with Gasteiger partial charge in [-0.2, -0.15) is 5.10 Å². The van der Waals surface area contributed by atoms with Gasteiger partial charge in [0.05, 0.1) is 18.3 Å². The van der Waals surface area contributed by atoms with Crippen LogP contribution in [0.4, 0.5) is 5.95 Å². The van der Waals surface area contributed by atoms with Gasteiger partial charge in [0.15, 0.2) is 0 Å². The van der Waals surface area contributed by atoms with Crippen molar-refractivity contribution in [1.82, 2.24) is 14.8 Å². The third-order valence-corrected chi connectivity index (χ3v) is 5.73. The second-order valence-electron chi connectivity index (χ2n) is 7.78. The zero-order valence-corrected chi connectivity index (χ0v) is 18.3. The van der Waals surface area contributed by atoms with E-state index in [1.165, 1.54) is 0 Å². The van der Waals surface area contributed by atoms with Crippen molar-refractivity contribution >= 4 is 23.3 Å². The van der Waals surface area contributed by atoms with E-state index in [1.54, 1.807) is 5.01 Å². The summed E-state index contributed by atoms with van der Waals surface area (Å²) < 4.78 is 1.98. The molecule has 0 saturated heterocycles. The molecule has 1 N–H and O–H groups in total. The highest BCUT2D eigenvalue weighted by Gasteiger charge is 2.27. The van der Waals surface area contributed by atoms with Crippen LogP contribution in [0.2, 0.25) is 5.02 Å². The van der Waals surface area contributed by atoms with Crippen molar-refractivity contribution in [2.24, 2.45) is 5.10 Å². The van der Waals surface area contributed by atoms with E-state index >= 15 is 0 Å². The number of benzene rings is 3. The Morgan fingerprint density at radius 3 is 2.41 bits per heavy atom. The second-order valence-corrected chi connectivity index (χ2v) is 8.22. The van der Waals surface area contributed by atoms with E-state index in [1.807, 2.05) is 90.4 Å². The summed E-state index contributed by atoms with van der Waals surface area (Å²) >= 11 is 6.13. The van der Waals surface area contributed by atoms with Gasteiger partial charge in [-0.3, -0.25) is 4.57 Å².